The van der Waals surface area contributed by atoms with Crippen LogP contribution in [0.3, 0.4) is 0 Å². The van der Waals surface area contributed by atoms with Crippen LogP contribution in [-0.2, 0) is 0 Å². The summed E-state index contributed by atoms with van der Waals surface area (Å²) in [7, 11) is 0. The maximum atomic E-state index is 9.72. The van der Waals surface area contributed by atoms with Crippen molar-refractivity contribution in [1.82, 2.24) is 9.38 Å². The minimum Gasteiger partial charge on any atom is -0.346 e. The number of hydrogen-bond acceptors (Lipinski definition) is 3. The van der Waals surface area contributed by atoms with Crippen molar-refractivity contribution in [2.45, 2.75) is 6.92 Å². The van der Waals surface area contributed by atoms with Crippen molar-refractivity contribution in [3.8, 4) is 6.07 Å². The van der Waals surface area contributed by atoms with Crippen LogP contribution < -0.4 is 9.80 Å². The van der Waals surface area contributed by atoms with Crippen molar-refractivity contribution in [2.75, 3.05) is 37.6 Å². The van der Waals surface area contributed by atoms with Gasteiger partial charge in [0.15, 0.2) is 5.65 Å². The van der Waals surface area contributed by atoms with E-state index in [1.807, 2.05) is 31.2 Å². The summed E-state index contributed by atoms with van der Waals surface area (Å²) in [5.74, 6) is 1.14. The summed E-state index contributed by atoms with van der Waals surface area (Å²) in [6, 6.07) is 23.1. The maximum absolute atomic E-state index is 9.72. The van der Waals surface area contributed by atoms with E-state index in [4.69, 9.17) is 4.98 Å². The monoisotopic (exact) mass is 408 g/mol. The van der Waals surface area contributed by atoms with Crippen LogP contribution in [0.15, 0.2) is 66.7 Å². The second-order valence-corrected chi connectivity index (χ2v) is 8.19. The van der Waals surface area contributed by atoms with Crippen molar-refractivity contribution in [2.24, 2.45) is 0 Å². The van der Waals surface area contributed by atoms with E-state index in [2.05, 4.69) is 63.9 Å². The maximum Gasteiger partial charge on any atom is 0.157 e. The Morgan fingerprint density at radius 3 is 2.58 bits per heavy atom. The zero-order chi connectivity index (χ0) is 21.2. The number of nitrogens with one attached hydrogen (secondary N) is 1. The first-order chi connectivity index (χ1) is 15.2. The van der Waals surface area contributed by atoms with Crippen LogP contribution in [0.25, 0.3) is 22.8 Å². The predicted octanol–water partition coefficient (Wildman–Crippen LogP) is 3.09. The van der Waals surface area contributed by atoms with Crippen molar-refractivity contribution in [3.63, 3.8) is 0 Å². The molecule has 0 spiro atoms. The molecule has 0 unspecified atom stereocenters. The van der Waals surface area contributed by atoms with Gasteiger partial charge in [0.2, 0.25) is 0 Å². The van der Waals surface area contributed by atoms with Crippen LogP contribution in [0.2, 0.25) is 0 Å². The lowest BCUT2D eigenvalue weighted by molar-refractivity contribution is -0.894. The van der Waals surface area contributed by atoms with E-state index in [9.17, 15) is 5.26 Å². The standard InChI is InChI=1S/C26H25N5/c1-20-18-25(31-24-12-6-5-11-23(24)28-26(31)22(20)19-27)30-16-14-29(15-17-30)13-7-10-21-8-3-2-4-9-21/h2-12,18H,13-17H2,1H3/p+1. The third kappa shape index (κ3) is 3.67. The van der Waals surface area contributed by atoms with Gasteiger partial charge in [-0.15, -0.1) is 0 Å². The van der Waals surface area contributed by atoms with E-state index in [0.717, 1.165) is 60.8 Å². The van der Waals surface area contributed by atoms with Gasteiger partial charge >= 0.3 is 0 Å². The minimum absolute atomic E-state index is 0.662. The Morgan fingerprint density at radius 2 is 1.81 bits per heavy atom. The van der Waals surface area contributed by atoms with E-state index in [1.165, 1.54) is 5.56 Å². The number of rotatable bonds is 4. The van der Waals surface area contributed by atoms with Crippen molar-refractivity contribution in [3.05, 3.63) is 83.4 Å². The molecule has 31 heavy (non-hydrogen) atoms. The van der Waals surface area contributed by atoms with E-state index in [-0.39, 0.29) is 0 Å². The number of nitrogens with zero attached hydrogens (tertiary/aromatic N) is 4. The molecule has 2 aromatic heterocycles. The number of para-hydroxylation sites is 2. The molecule has 5 rings (SSSR count). The molecule has 5 heteroatoms. The molecule has 0 amide bonds. The number of nitriles is 1. The Hall–Kier alpha value is -3.62. The van der Waals surface area contributed by atoms with Gasteiger partial charge in [-0.25, -0.2) is 4.98 Å². The molecule has 0 saturated carbocycles. The van der Waals surface area contributed by atoms with Gasteiger partial charge in [0, 0.05) is 0 Å². The van der Waals surface area contributed by atoms with Crippen molar-refractivity contribution < 1.29 is 4.90 Å². The lowest BCUT2D eigenvalue weighted by Gasteiger charge is -2.33. The number of pyridine rings is 1. The molecule has 1 N–H and O–H groups in total. The second kappa shape index (κ2) is 8.25. The highest BCUT2D eigenvalue weighted by atomic mass is 15.3. The molecule has 3 heterocycles. The molecule has 5 nitrogen and oxygen atoms in total. The normalized spacial score (nSPS) is 15.2. The lowest BCUT2D eigenvalue weighted by atomic mass is 10.1. The molecule has 0 bridgehead atoms. The van der Waals surface area contributed by atoms with Crippen LogP contribution >= 0.6 is 0 Å². The summed E-state index contributed by atoms with van der Waals surface area (Å²) in [4.78, 5) is 8.83. The first-order valence-electron chi connectivity index (χ1n) is 10.9. The smallest absolute Gasteiger partial charge is 0.157 e. The first-order valence-corrected chi connectivity index (χ1v) is 10.9. The van der Waals surface area contributed by atoms with E-state index in [1.54, 1.807) is 4.90 Å². The molecule has 0 radical (unpaired) electrons. The Bertz CT molecular complexity index is 1290. The highest BCUT2D eigenvalue weighted by Gasteiger charge is 2.23. The number of aromatic nitrogens is 2. The van der Waals surface area contributed by atoms with Gasteiger partial charge in [0.1, 0.15) is 11.9 Å². The molecule has 154 valence electrons. The molecular formula is C26H26N5+. The highest BCUT2D eigenvalue weighted by Crippen LogP contribution is 2.28. The van der Waals surface area contributed by atoms with Crippen LogP contribution in [-0.4, -0.2) is 42.1 Å². The van der Waals surface area contributed by atoms with Crippen LogP contribution in [0, 0.1) is 18.3 Å². The fourth-order valence-corrected chi connectivity index (χ4v) is 4.49. The van der Waals surface area contributed by atoms with Gasteiger partial charge in [-0.05, 0) is 42.3 Å². The molecule has 1 saturated heterocycles. The summed E-state index contributed by atoms with van der Waals surface area (Å²) in [5, 5.41) is 9.72. The number of quaternary nitrogens is 1. The van der Waals surface area contributed by atoms with Gasteiger partial charge in [0.05, 0.1) is 49.3 Å². The molecule has 2 aromatic carbocycles. The molecule has 1 aliphatic rings. The quantitative estimate of drug-likeness (QED) is 0.565. The summed E-state index contributed by atoms with van der Waals surface area (Å²) in [5.41, 5.74) is 5.66. The minimum atomic E-state index is 0.662. The van der Waals surface area contributed by atoms with E-state index in [0.29, 0.717) is 5.56 Å². The topological polar surface area (TPSA) is 48.8 Å². The number of piperazine rings is 1. The van der Waals surface area contributed by atoms with Crippen LogP contribution in [0.4, 0.5) is 5.82 Å². The Labute approximate surface area is 182 Å². The van der Waals surface area contributed by atoms with E-state index < -0.39 is 0 Å². The van der Waals surface area contributed by atoms with Gasteiger partial charge in [-0.1, -0.05) is 48.5 Å². The van der Waals surface area contributed by atoms with Gasteiger partial charge < -0.3 is 9.80 Å². The van der Waals surface area contributed by atoms with Gasteiger partial charge in [0.25, 0.3) is 0 Å². The largest absolute Gasteiger partial charge is 0.346 e. The van der Waals surface area contributed by atoms with Gasteiger partial charge in [-0.3, -0.25) is 4.40 Å². The lowest BCUT2D eigenvalue weighted by Crippen LogP contribution is -3.14. The van der Waals surface area contributed by atoms with Crippen molar-refractivity contribution in [1.29, 1.82) is 5.26 Å². The first kappa shape index (κ1) is 19.3. The third-order valence-electron chi connectivity index (χ3n) is 6.18. The van der Waals surface area contributed by atoms with Gasteiger partial charge in [-0.2, -0.15) is 5.26 Å². The molecule has 0 aliphatic carbocycles. The average Bonchev–Trinajstić information content (AvgIpc) is 3.19. The summed E-state index contributed by atoms with van der Waals surface area (Å²) < 4.78 is 2.17. The van der Waals surface area contributed by atoms with E-state index >= 15 is 0 Å². The SMILES string of the molecule is Cc1cc(N2CC[NH+](CC=Cc3ccccc3)CC2)n2c(nc3ccccc32)c1C#N. The fourth-order valence-electron chi connectivity index (χ4n) is 4.49. The summed E-state index contributed by atoms with van der Waals surface area (Å²) in [6.45, 7) is 7.21. The number of fused-ring (bicyclic) bond motifs is 3. The highest BCUT2D eigenvalue weighted by molar-refractivity contribution is 5.85. The number of hydrogen-bond donors (Lipinski definition) is 1. The third-order valence-corrected chi connectivity index (χ3v) is 6.18. The molecule has 1 fully saturated rings. The van der Waals surface area contributed by atoms with Crippen molar-refractivity contribution >= 4 is 28.6 Å². The Morgan fingerprint density at radius 1 is 1.06 bits per heavy atom. The average molecular weight is 409 g/mol. The molecule has 4 aromatic rings. The van der Waals surface area contributed by atoms with Crippen LogP contribution in [0.5, 0.6) is 0 Å². The predicted molar refractivity (Wildman–Crippen MR) is 125 cm³/mol. The summed E-state index contributed by atoms with van der Waals surface area (Å²) >= 11 is 0. The number of anilines is 1. The number of benzene rings is 2. The zero-order valence-electron chi connectivity index (χ0n) is 17.8. The second-order valence-electron chi connectivity index (χ2n) is 8.19. The molecule has 0 atom stereocenters. The Balaban J connectivity index is 1.39. The number of aryl methyl sites for hydroxylation is 1. The molecule has 1 aliphatic heterocycles. The van der Waals surface area contributed by atoms with Crippen LogP contribution in [0.1, 0.15) is 16.7 Å². The zero-order valence-corrected chi connectivity index (χ0v) is 17.8. The molecular weight excluding hydrogens is 382 g/mol. The number of imidazole rings is 1. The Kier molecular flexibility index (Phi) is 5.15. The fraction of sp³-hybridized carbons (Fsp3) is 0.231. The summed E-state index contributed by atoms with van der Waals surface area (Å²) in [6.07, 6.45) is 4.50.